The van der Waals surface area contributed by atoms with Gasteiger partial charge in [0.1, 0.15) is 11.6 Å². The molecule has 0 bridgehead atoms. The summed E-state index contributed by atoms with van der Waals surface area (Å²) in [6, 6.07) is 39.9. The summed E-state index contributed by atoms with van der Waals surface area (Å²) in [5.74, 6) is -0.391. The summed E-state index contributed by atoms with van der Waals surface area (Å²) in [7, 11) is 4.09. The molecule has 5 nitrogen and oxygen atoms in total. The van der Waals surface area contributed by atoms with Crippen LogP contribution in [0.25, 0.3) is 0 Å². The summed E-state index contributed by atoms with van der Waals surface area (Å²) < 4.78 is 27.8. The smallest absolute Gasteiger partial charge is 0.169 e. The van der Waals surface area contributed by atoms with Crippen LogP contribution in [0.15, 0.2) is 140 Å². The summed E-state index contributed by atoms with van der Waals surface area (Å²) in [5, 5.41) is 6.56. The predicted octanol–water partition coefficient (Wildman–Crippen LogP) is 13.6. The van der Waals surface area contributed by atoms with Crippen LogP contribution in [0.5, 0.6) is 0 Å². The van der Waals surface area contributed by atoms with E-state index < -0.39 is 0 Å². The lowest BCUT2D eigenvalue weighted by Crippen LogP contribution is -2.49. The number of para-hydroxylation sites is 2. The molecule has 0 amide bonds. The molecule has 0 aliphatic carbocycles. The second kappa shape index (κ2) is 22.9. The fourth-order valence-electron chi connectivity index (χ4n) is 4.91. The first-order valence-electron chi connectivity index (χ1n) is 20.2. The highest BCUT2D eigenvalue weighted by Crippen LogP contribution is 2.22. The predicted molar refractivity (Wildman–Crippen MR) is 250 cm³/mol. The van der Waals surface area contributed by atoms with Crippen LogP contribution in [0.3, 0.4) is 0 Å². The third-order valence-electron chi connectivity index (χ3n) is 8.48. The van der Waals surface area contributed by atoms with Gasteiger partial charge in [-0.05, 0) is 144 Å². The Labute approximate surface area is 352 Å². The summed E-state index contributed by atoms with van der Waals surface area (Å²) in [6.45, 7) is 32.1. The van der Waals surface area contributed by atoms with E-state index in [1.54, 1.807) is 18.2 Å². The molecule has 58 heavy (non-hydrogen) atoms. The lowest BCUT2D eigenvalue weighted by Gasteiger charge is -2.34. The zero-order valence-corrected chi connectivity index (χ0v) is 38.9. The maximum absolute atomic E-state index is 12.9. The zero-order chi connectivity index (χ0) is 44.4. The SMILES string of the molecule is CC(C)(C)Nc1cccc(F)c1.CC(C)(C)Nc1ccccc1.CC(C)(C)[n+]1ccccc1.CN(c1cccc(F)c1)C(C)(C)C.CN(c1ccccc1)C(C)(C)C. The number of hydrogen-bond acceptors (Lipinski definition) is 4. The molecule has 5 aromatic rings. The van der Waals surface area contributed by atoms with Crippen molar-refractivity contribution in [3.8, 4) is 0 Å². The minimum atomic E-state index is -0.204. The molecule has 0 atom stereocenters. The summed E-state index contributed by atoms with van der Waals surface area (Å²) >= 11 is 0. The maximum Gasteiger partial charge on any atom is 0.169 e. The van der Waals surface area contributed by atoms with E-state index >= 15 is 0 Å². The van der Waals surface area contributed by atoms with Crippen molar-refractivity contribution >= 4 is 22.7 Å². The highest BCUT2D eigenvalue weighted by atomic mass is 19.1. The molecule has 1 aromatic heterocycles. The van der Waals surface area contributed by atoms with Crippen molar-refractivity contribution in [2.75, 3.05) is 34.5 Å². The third-order valence-corrected chi connectivity index (χ3v) is 8.48. The molecule has 5 rings (SSSR count). The molecule has 0 radical (unpaired) electrons. The molecular weight excluding hydrogens is 721 g/mol. The molecule has 0 aliphatic rings. The number of aromatic nitrogens is 1. The Morgan fingerprint density at radius 2 is 0.776 bits per heavy atom. The Balaban J connectivity index is 0.000000363. The second-order valence-electron chi connectivity index (χ2n) is 19.4. The van der Waals surface area contributed by atoms with Crippen LogP contribution in [0.1, 0.15) is 104 Å². The van der Waals surface area contributed by atoms with Crippen molar-refractivity contribution in [3.05, 3.63) is 151 Å². The molecule has 0 aliphatic heterocycles. The summed E-state index contributed by atoms with van der Waals surface area (Å²) in [5.41, 5.74) is 4.74. The number of benzene rings is 4. The lowest BCUT2D eigenvalue weighted by molar-refractivity contribution is -0.754. The van der Waals surface area contributed by atoms with Gasteiger partial charge in [-0.15, -0.1) is 0 Å². The standard InChI is InChI=1S/C11H16FN.C11H17N.C10H14FN.C10H15N.C9H14N/c1-11(2,3)13(4)10-7-5-6-9(12)8-10;1-11(2,3)12(4)10-8-6-5-7-9-10;1-10(2,3)12-9-6-4-5-8(11)7-9;1-10(2,3)11-9-7-5-4-6-8-9;1-9(2,3)10-7-5-4-6-8-10/h5-8H,1-4H3;5-9H,1-4H3;4-7,12H,1-3H3;4-8,11H,1-3H3;4-8H,1-3H3/q;;;;+1. The molecule has 0 spiro atoms. The van der Waals surface area contributed by atoms with Gasteiger partial charge in [0.15, 0.2) is 17.9 Å². The van der Waals surface area contributed by atoms with Crippen LogP contribution in [0, 0.1) is 11.6 Å². The van der Waals surface area contributed by atoms with Gasteiger partial charge in [0.2, 0.25) is 0 Å². The number of nitrogens with zero attached hydrogens (tertiary/aromatic N) is 3. The minimum absolute atomic E-state index is 0.0200. The largest absolute Gasteiger partial charge is 0.380 e. The first-order valence-corrected chi connectivity index (χ1v) is 20.2. The van der Waals surface area contributed by atoms with Crippen molar-refractivity contribution in [2.45, 2.75) is 132 Å². The normalized spacial score (nSPS) is 11.4. The molecular formula is C51H76F2N5+. The molecule has 2 N–H and O–H groups in total. The number of pyridine rings is 1. The van der Waals surface area contributed by atoms with E-state index in [-0.39, 0.29) is 39.3 Å². The van der Waals surface area contributed by atoms with Crippen LogP contribution < -0.4 is 25.0 Å². The van der Waals surface area contributed by atoms with E-state index in [1.165, 1.54) is 29.6 Å². The Morgan fingerprint density at radius 3 is 1.17 bits per heavy atom. The maximum atomic E-state index is 12.9. The number of halogens is 2. The summed E-state index contributed by atoms with van der Waals surface area (Å²) in [4.78, 5) is 4.32. The van der Waals surface area contributed by atoms with E-state index in [0.717, 1.165) is 11.4 Å². The molecule has 0 saturated carbocycles. The fourth-order valence-corrected chi connectivity index (χ4v) is 4.91. The third kappa shape index (κ3) is 22.7. The first kappa shape index (κ1) is 51.1. The quantitative estimate of drug-likeness (QED) is 0.178. The monoisotopic (exact) mass is 797 g/mol. The van der Waals surface area contributed by atoms with Crippen LogP contribution in [0.2, 0.25) is 0 Å². The van der Waals surface area contributed by atoms with Gasteiger partial charge in [0.05, 0.1) is 0 Å². The molecule has 1 heterocycles. The van der Waals surface area contributed by atoms with Gasteiger partial charge in [-0.3, -0.25) is 0 Å². The first-order chi connectivity index (χ1) is 26.6. The molecule has 318 valence electrons. The zero-order valence-electron chi connectivity index (χ0n) is 38.9. The van der Waals surface area contributed by atoms with Crippen LogP contribution in [-0.4, -0.2) is 36.3 Å². The van der Waals surface area contributed by atoms with Crippen molar-refractivity contribution in [1.29, 1.82) is 0 Å². The van der Waals surface area contributed by atoms with E-state index in [2.05, 4.69) is 164 Å². The van der Waals surface area contributed by atoms with Gasteiger partial charge < -0.3 is 20.4 Å². The minimum Gasteiger partial charge on any atom is -0.380 e. The van der Waals surface area contributed by atoms with Crippen molar-refractivity contribution < 1.29 is 13.3 Å². The number of anilines is 4. The number of nitrogens with one attached hydrogen (secondary N) is 2. The van der Waals surface area contributed by atoms with Gasteiger partial charge in [0.25, 0.3) is 0 Å². The molecule has 4 aromatic carbocycles. The fraction of sp³-hybridized carbons (Fsp3) is 0.431. The van der Waals surface area contributed by atoms with Crippen LogP contribution in [-0.2, 0) is 5.54 Å². The van der Waals surface area contributed by atoms with E-state index in [4.69, 9.17) is 0 Å². The van der Waals surface area contributed by atoms with Crippen molar-refractivity contribution in [1.82, 2.24) is 0 Å². The van der Waals surface area contributed by atoms with Gasteiger partial charge in [-0.25, -0.2) is 13.3 Å². The van der Waals surface area contributed by atoms with Gasteiger partial charge in [-0.2, -0.15) is 0 Å². The topological polar surface area (TPSA) is 34.4 Å². The number of hydrogen-bond donors (Lipinski definition) is 2. The molecule has 0 saturated heterocycles. The van der Waals surface area contributed by atoms with Crippen LogP contribution in [0.4, 0.5) is 31.5 Å². The highest BCUT2D eigenvalue weighted by Gasteiger charge is 2.20. The molecule has 7 heteroatoms. The Hall–Kier alpha value is -4.91. The van der Waals surface area contributed by atoms with Gasteiger partial charge in [0, 0.05) is 91.9 Å². The van der Waals surface area contributed by atoms with Crippen molar-refractivity contribution in [3.63, 3.8) is 0 Å². The second-order valence-corrected chi connectivity index (χ2v) is 19.4. The van der Waals surface area contributed by atoms with E-state index in [0.29, 0.717) is 0 Å². The van der Waals surface area contributed by atoms with Gasteiger partial charge >= 0.3 is 0 Å². The van der Waals surface area contributed by atoms with E-state index in [1.807, 2.05) is 82.4 Å². The highest BCUT2D eigenvalue weighted by molar-refractivity contribution is 5.49. The average Bonchev–Trinajstić information content (AvgIpc) is 3.11. The van der Waals surface area contributed by atoms with Crippen molar-refractivity contribution in [2.24, 2.45) is 0 Å². The average molecular weight is 797 g/mol. The summed E-state index contributed by atoms with van der Waals surface area (Å²) in [6.07, 6.45) is 4.17. The van der Waals surface area contributed by atoms with Crippen LogP contribution >= 0.6 is 0 Å². The Bertz CT molecular complexity index is 1830. The Kier molecular flexibility index (Phi) is 20.2. The number of rotatable bonds is 4. The van der Waals surface area contributed by atoms with Gasteiger partial charge in [-0.1, -0.05) is 54.6 Å². The molecule has 0 fully saturated rings. The lowest BCUT2D eigenvalue weighted by atomic mass is 10.1. The molecule has 0 unspecified atom stereocenters. The Morgan fingerprint density at radius 1 is 0.414 bits per heavy atom. The van der Waals surface area contributed by atoms with E-state index in [9.17, 15) is 8.78 Å².